The summed E-state index contributed by atoms with van der Waals surface area (Å²) in [5.41, 5.74) is 2.64. The number of carbonyl (C=O) groups is 1. The van der Waals surface area contributed by atoms with E-state index in [-0.39, 0.29) is 5.75 Å². The van der Waals surface area contributed by atoms with Gasteiger partial charge in [-0.15, -0.1) is 0 Å². The Bertz CT molecular complexity index is 885. The summed E-state index contributed by atoms with van der Waals surface area (Å²) in [5, 5.41) is 0.537. The number of rotatable bonds is 4. The number of hydrogen-bond acceptors (Lipinski definition) is 4. The van der Waals surface area contributed by atoms with Gasteiger partial charge in [-0.3, -0.25) is 4.21 Å². The zero-order valence-corrected chi connectivity index (χ0v) is 15.3. The molecule has 0 fully saturated rings. The van der Waals surface area contributed by atoms with Crippen LogP contribution in [-0.4, -0.2) is 20.3 Å². The molecule has 0 saturated heterocycles. The average Bonchev–Trinajstić information content (AvgIpc) is 2.76. The Labute approximate surface area is 153 Å². The van der Waals surface area contributed by atoms with E-state index >= 15 is 0 Å². The molecule has 0 radical (unpaired) electrons. The molecule has 2 aromatic rings. The molecule has 0 bridgehead atoms. The van der Waals surface area contributed by atoms with Crippen molar-refractivity contribution in [2.75, 3.05) is 0 Å². The van der Waals surface area contributed by atoms with Gasteiger partial charge in [0.1, 0.15) is 5.60 Å². The molecule has 1 aliphatic rings. The van der Waals surface area contributed by atoms with Crippen molar-refractivity contribution >= 4 is 39.8 Å². The van der Waals surface area contributed by atoms with Gasteiger partial charge < -0.3 is 9.29 Å². The first-order valence-corrected chi connectivity index (χ1v) is 9.29. The number of cyclic esters (lactones) is 1. The molecule has 2 aromatic carbocycles. The number of ether oxygens (including phenoxy) is 1. The molecule has 130 valence electrons. The molecule has 25 heavy (non-hydrogen) atoms. The Morgan fingerprint density at radius 1 is 1.12 bits per heavy atom. The fraction of sp³-hybridized carbons (Fsp3) is 0.211. The van der Waals surface area contributed by atoms with Crippen molar-refractivity contribution in [1.82, 2.24) is 0 Å². The van der Waals surface area contributed by atoms with E-state index in [9.17, 15) is 13.6 Å². The van der Waals surface area contributed by atoms with Crippen LogP contribution in [0.5, 0.6) is 0 Å². The fourth-order valence-corrected chi connectivity index (χ4v) is 3.69. The maximum absolute atomic E-state index is 12.5. The third-order valence-corrected chi connectivity index (χ3v) is 4.85. The summed E-state index contributed by atoms with van der Waals surface area (Å²) in [6.07, 6.45) is 0. The van der Waals surface area contributed by atoms with Crippen LogP contribution in [0, 0.1) is 0 Å². The maximum Gasteiger partial charge on any atom is 0.340 e. The van der Waals surface area contributed by atoms with Gasteiger partial charge in [-0.25, -0.2) is 4.79 Å². The Hall–Kier alpha value is -1.95. The summed E-state index contributed by atoms with van der Waals surface area (Å²) >= 11 is 3.93. The molecular weight excluding hydrogens is 360 g/mol. The highest BCUT2D eigenvalue weighted by molar-refractivity contribution is 7.78. The lowest BCUT2D eigenvalue weighted by Crippen LogP contribution is -2.22. The minimum atomic E-state index is -2.14. The predicted molar refractivity (Wildman–Crippen MR) is 97.5 cm³/mol. The van der Waals surface area contributed by atoms with Gasteiger partial charge in [0.2, 0.25) is 0 Å². The quantitative estimate of drug-likeness (QED) is 0.599. The Balaban J connectivity index is 2.13. The van der Waals surface area contributed by atoms with Gasteiger partial charge in [-0.1, -0.05) is 59.1 Å². The summed E-state index contributed by atoms with van der Waals surface area (Å²) in [6.45, 7) is 3.66. The van der Waals surface area contributed by atoms with Crippen LogP contribution >= 0.6 is 11.6 Å². The van der Waals surface area contributed by atoms with Crippen molar-refractivity contribution in [2.24, 2.45) is 0 Å². The van der Waals surface area contributed by atoms with E-state index in [1.165, 1.54) is 0 Å². The van der Waals surface area contributed by atoms with Gasteiger partial charge in [-0.05, 0) is 42.7 Å². The van der Waals surface area contributed by atoms with Crippen LogP contribution in [0.1, 0.15) is 30.5 Å². The zero-order chi connectivity index (χ0) is 18.2. The zero-order valence-electron chi connectivity index (χ0n) is 13.7. The first-order valence-electron chi connectivity index (χ1n) is 7.67. The molecule has 1 unspecified atom stereocenters. The Morgan fingerprint density at radius 2 is 1.80 bits per heavy atom. The lowest BCUT2D eigenvalue weighted by atomic mass is 9.86. The molecule has 0 aromatic heterocycles. The van der Waals surface area contributed by atoms with E-state index in [0.29, 0.717) is 21.7 Å². The molecule has 0 N–H and O–H groups in total. The van der Waals surface area contributed by atoms with E-state index in [4.69, 9.17) is 16.3 Å². The van der Waals surface area contributed by atoms with Crippen LogP contribution in [0.25, 0.3) is 11.1 Å². The highest BCUT2D eigenvalue weighted by Gasteiger charge is 2.41. The minimum Gasteiger partial charge on any atom is -0.772 e. The number of halogens is 1. The van der Waals surface area contributed by atoms with Crippen molar-refractivity contribution < 1.29 is 18.3 Å². The maximum atomic E-state index is 12.5. The van der Waals surface area contributed by atoms with Crippen molar-refractivity contribution in [2.45, 2.75) is 25.2 Å². The topological polar surface area (TPSA) is 66.4 Å². The van der Waals surface area contributed by atoms with Gasteiger partial charge >= 0.3 is 5.97 Å². The molecule has 1 heterocycles. The van der Waals surface area contributed by atoms with Gasteiger partial charge in [0.05, 0.1) is 5.57 Å². The van der Waals surface area contributed by atoms with Gasteiger partial charge in [-0.2, -0.15) is 0 Å². The smallest absolute Gasteiger partial charge is 0.340 e. The second-order valence-corrected chi connectivity index (χ2v) is 7.64. The molecule has 0 aliphatic carbocycles. The van der Waals surface area contributed by atoms with E-state index in [1.807, 2.05) is 32.0 Å². The third kappa shape index (κ3) is 3.68. The Kier molecular flexibility index (Phi) is 4.82. The summed E-state index contributed by atoms with van der Waals surface area (Å²) in [4.78, 5) is 12.5. The van der Waals surface area contributed by atoms with E-state index in [1.54, 1.807) is 30.3 Å². The SMILES string of the molecule is CC1(C)OC(=O)C(c2cccc(Cl)c2)=C1c1ccc(CS(=O)[O-])cc1. The first-order chi connectivity index (χ1) is 11.8. The van der Waals surface area contributed by atoms with E-state index in [0.717, 1.165) is 11.1 Å². The van der Waals surface area contributed by atoms with Gasteiger partial charge in [0.15, 0.2) is 0 Å². The summed E-state index contributed by atoms with van der Waals surface area (Å²) in [6, 6.07) is 14.2. The van der Waals surface area contributed by atoms with E-state index < -0.39 is 22.7 Å². The largest absolute Gasteiger partial charge is 0.772 e. The van der Waals surface area contributed by atoms with Crippen LogP contribution in [0.4, 0.5) is 0 Å². The molecule has 6 heteroatoms. The van der Waals surface area contributed by atoms with Gasteiger partial charge in [0, 0.05) is 16.3 Å². The third-order valence-electron chi connectivity index (χ3n) is 4.04. The van der Waals surface area contributed by atoms with Crippen LogP contribution in [0.3, 0.4) is 0 Å². The predicted octanol–water partition coefficient (Wildman–Crippen LogP) is 3.97. The second-order valence-electron chi connectivity index (χ2n) is 6.31. The summed E-state index contributed by atoms with van der Waals surface area (Å²) in [5.74, 6) is -0.439. The minimum absolute atomic E-state index is 0.0424. The van der Waals surface area contributed by atoms with Crippen LogP contribution in [0.2, 0.25) is 5.02 Å². The average molecular weight is 376 g/mol. The second kappa shape index (κ2) is 6.75. The van der Waals surface area contributed by atoms with E-state index in [2.05, 4.69) is 0 Å². The normalized spacial score (nSPS) is 17.5. The van der Waals surface area contributed by atoms with Gasteiger partial charge in [0.25, 0.3) is 0 Å². The highest BCUT2D eigenvalue weighted by Crippen LogP contribution is 2.44. The van der Waals surface area contributed by atoms with Crippen molar-refractivity contribution in [1.29, 1.82) is 0 Å². The number of benzene rings is 2. The van der Waals surface area contributed by atoms with Crippen molar-refractivity contribution in [3.63, 3.8) is 0 Å². The number of carbonyl (C=O) groups excluding carboxylic acids is 1. The number of hydrogen-bond donors (Lipinski definition) is 0. The first kappa shape index (κ1) is 17.9. The molecule has 0 saturated carbocycles. The monoisotopic (exact) mass is 375 g/mol. The molecule has 0 spiro atoms. The molecule has 3 rings (SSSR count). The lowest BCUT2D eigenvalue weighted by molar-refractivity contribution is -0.141. The van der Waals surface area contributed by atoms with Crippen LogP contribution in [-0.2, 0) is 26.4 Å². The van der Waals surface area contributed by atoms with Crippen LogP contribution in [0.15, 0.2) is 48.5 Å². The number of esters is 1. The van der Waals surface area contributed by atoms with Crippen molar-refractivity contribution in [3.05, 3.63) is 70.2 Å². The molecular formula is C19H16ClO4S-. The molecule has 1 aliphatic heterocycles. The Morgan fingerprint density at radius 3 is 2.40 bits per heavy atom. The lowest BCUT2D eigenvalue weighted by Gasteiger charge is -2.22. The highest BCUT2D eigenvalue weighted by atomic mass is 35.5. The summed E-state index contributed by atoms with van der Waals surface area (Å²) in [7, 11) is 0. The fourth-order valence-electron chi connectivity index (χ4n) is 3.04. The molecule has 1 atom stereocenters. The summed E-state index contributed by atoms with van der Waals surface area (Å²) < 4.78 is 27.2. The van der Waals surface area contributed by atoms with Crippen molar-refractivity contribution in [3.8, 4) is 0 Å². The molecule has 0 amide bonds. The van der Waals surface area contributed by atoms with Crippen LogP contribution < -0.4 is 0 Å². The molecule has 4 nitrogen and oxygen atoms in total. The standard InChI is InChI=1S/C19H17ClO4S/c1-19(2)17(13-8-6-12(7-9-13)11-25(22)23)16(18(21)24-19)14-4-3-5-15(20)10-14/h3-10H,11H2,1-2H3,(H,22,23)/p-1.